The third-order valence-corrected chi connectivity index (χ3v) is 5.52. The molecule has 1 atom stereocenters. The maximum atomic E-state index is 12.8. The van der Waals surface area contributed by atoms with E-state index in [1.807, 2.05) is 29.6 Å². The fourth-order valence-corrected chi connectivity index (χ4v) is 4.27. The van der Waals surface area contributed by atoms with Crippen molar-refractivity contribution in [1.82, 2.24) is 5.32 Å². The molecule has 5 heteroatoms. The van der Waals surface area contributed by atoms with Crippen LogP contribution in [0.5, 0.6) is 0 Å². The summed E-state index contributed by atoms with van der Waals surface area (Å²) in [5.74, 6) is -0.0288. The molecule has 1 aromatic heterocycles. The summed E-state index contributed by atoms with van der Waals surface area (Å²) in [6.07, 6.45) is 0.795. The molecule has 4 nitrogen and oxygen atoms in total. The van der Waals surface area contributed by atoms with E-state index in [0.717, 1.165) is 22.5 Å². The van der Waals surface area contributed by atoms with Gasteiger partial charge in [0.15, 0.2) is 0 Å². The smallest absolute Gasteiger partial charge is 0.251 e. The SMILES string of the molecule is CC(=O)N1CCc2cc(C(=O)NC(c3cccs3)C(C)(C)C)ccc21. The predicted molar refractivity (Wildman–Crippen MR) is 102 cm³/mol. The maximum absolute atomic E-state index is 12.8. The molecule has 1 aliphatic heterocycles. The van der Waals surface area contributed by atoms with Crippen molar-refractivity contribution in [1.29, 1.82) is 0 Å². The Kier molecular flexibility index (Phi) is 4.69. The molecule has 132 valence electrons. The summed E-state index contributed by atoms with van der Waals surface area (Å²) in [6.45, 7) is 8.65. The van der Waals surface area contributed by atoms with E-state index in [1.165, 1.54) is 0 Å². The molecule has 25 heavy (non-hydrogen) atoms. The first-order valence-electron chi connectivity index (χ1n) is 8.52. The highest BCUT2D eigenvalue weighted by Gasteiger charge is 2.29. The number of anilines is 1. The van der Waals surface area contributed by atoms with E-state index >= 15 is 0 Å². The fourth-order valence-electron chi connectivity index (χ4n) is 3.25. The number of hydrogen-bond acceptors (Lipinski definition) is 3. The number of fused-ring (bicyclic) bond motifs is 1. The molecule has 1 aliphatic rings. The van der Waals surface area contributed by atoms with Gasteiger partial charge in [-0.1, -0.05) is 26.8 Å². The van der Waals surface area contributed by atoms with Crippen LogP contribution in [0.2, 0.25) is 0 Å². The van der Waals surface area contributed by atoms with Crippen LogP contribution in [-0.2, 0) is 11.2 Å². The van der Waals surface area contributed by atoms with Crippen molar-refractivity contribution in [2.75, 3.05) is 11.4 Å². The number of nitrogens with zero attached hydrogens (tertiary/aromatic N) is 1. The van der Waals surface area contributed by atoms with Crippen LogP contribution >= 0.6 is 11.3 Å². The third kappa shape index (κ3) is 3.61. The first-order chi connectivity index (χ1) is 11.8. The second-order valence-electron chi connectivity index (χ2n) is 7.55. The standard InChI is InChI=1S/C20H24N2O2S/c1-13(23)22-10-9-14-12-15(7-8-16(14)22)19(24)21-18(20(2,3)4)17-6-5-11-25-17/h5-8,11-12,18H,9-10H2,1-4H3,(H,21,24). The average molecular weight is 356 g/mol. The Morgan fingerprint density at radius 3 is 2.60 bits per heavy atom. The molecule has 0 radical (unpaired) electrons. The van der Waals surface area contributed by atoms with Gasteiger partial charge in [-0.05, 0) is 47.0 Å². The minimum absolute atomic E-state index is 0.0398. The van der Waals surface area contributed by atoms with Gasteiger partial charge in [0.2, 0.25) is 5.91 Å². The van der Waals surface area contributed by atoms with Gasteiger partial charge in [0.25, 0.3) is 5.91 Å². The molecule has 0 bridgehead atoms. The Balaban J connectivity index is 1.83. The van der Waals surface area contributed by atoms with Crippen LogP contribution in [0.1, 0.15) is 54.5 Å². The van der Waals surface area contributed by atoms with E-state index in [0.29, 0.717) is 12.1 Å². The second kappa shape index (κ2) is 6.64. The molecule has 3 rings (SSSR count). The zero-order chi connectivity index (χ0) is 18.2. The number of hydrogen-bond donors (Lipinski definition) is 1. The number of benzene rings is 1. The van der Waals surface area contributed by atoms with E-state index in [-0.39, 0.29) is 23.3 Å². The van der Waals surface area contributed by atoms with E-state index < -0.39 is 0 Å². The van der Waals surface area contributed by atoms with Crippen molar-refractivity contribution in [2.24, 2.45) is 5.41 Å². The van der Waals surface area contributed by atoms with Crippen LogP contribution in [0.25, 0.3) is 0 Å². The number of amides is 2. The van der Waals surface area contributed by atoms with Gasteiger partial charge in [-0.15, -0.1) is 11.3 Å². The van der Waals surface area contributed by atoms with Gasteiger partial charge < -0.3 is 10.2 Å². The van der Waals surface area contributed by atoms with Gasteiger partial charge in [-0.25, -0.2) is 0 Å². The van der Waals surface area contributed by atoms with Gasteiger partial charge in [-0.2, -0.15) is 0 Å². The predicted octanol–water partition coefficient (Wildman–Crippen LogP) is 4.17. The zero-order valence-corrected chi connectivity index (χ0v) is 15.9. The van der Waals surface area contributed by atoms with Gasteiger partial charge in [0.1, 0.15) is 0 Å². The van der Waals surface area contributed by atoms with Crippen LogP contribution in [0, 0.1) is 5.41 Å². The average Bonchev–Trinajstić information content (AvgIpc) is 3.19. The van der Waals surface area contributed by atoms with Crippen molar-refractivity contribution < 1.29 is 9.59 Å². The van der Waals surface area contributed by atoms with Crippen LogP contribution in [-0.4, -0.2) is 18.4 Å². The van der Waals surface area contributed by atoms with Gasteiger partial charge >= 0.3 is 0 Å². The summed E-state index contributed by atoms with van der Waals surface area (Å²) in [4.78, 5) is 27.4. The minimum Gasteiger partial charge on any atom is -0.344 e. The monoisotopic (exact) mass is 356 g/mol. The number of carbonyl (C=O) groups excluding carboxylic acids is 2. The highest BCUT2D eigenvalue weighted by Crippen LogP contribution is 2.35. The summed E-state index contributed by atoms with van der Waals surface area (Å²) >= 11 is 1.66. The molecule has 0 saturated heterocycles. The molecule has 1 aromatic carbocycles. The first kappa shape index (κ1) is 17.7. The Morgan fingerprint density at radius 2 is 2.00 bits per heavy atom. The lowest BCUT2D eigenvalue weighted by atomic mass is 9.85. The summed E-state index contributed by atoms with van der Waals surface area (Å²) < 4.78 is 0. The molecule has 2 heterocycles. The van der Waals surface area contributed by atoms with Crippen molar-refractivity contribution in [3.63, 3.8) is 0 Å². The molecule has 0 saturated carbocycles. The summed E-state index contributed by atoms with van der Waals surface area (Å²) in [7, 11) is 0. The topological polar surface area (TPSA) is 49.4 Å². The highest BCUT2D eigenvalue weighted by molar-refractivity contribution is 7.10. The van der Waals surface area contributed by atoms with Crippen LogP contribution in [0.15, 0.2) is 35.7 Å². The molecule has 1 N–H and O–H groups in total. The van der Waals surface area contributed by atoms with Crippen LogP contribution in [0.3, 0.4) is 0 Å². The second-order valence-corrected chi connectivity index (χ2v) is 8.53. The van der Waals surface area contributed by atoms with Crippen molar-refractivity contribution in [3.05, 3.63) is 51.7 Å². The number of rotatable bonds is 3. The molecular weight excluding hydrogens is 332 g/mol. The fraction of sp³-hybridized carbons (Fsp3) is 0.400. The molecular formula is C20H24N2O2S. The van der Waals surface area contributed by atoms with Crippen molar-refractivity contribution in [2.45, 2.75) is 40.2 Å². The number of thiophene rings is 1. The van der Waals surface area contributed by atoms with Crippen molar-refractivity contribution in [3.8, 4) is 0 Å². The molecule has 0 aliphatic carbocycles. The third-order valence-electron chi connectivity index (χ3n) is 4.59. The number of nitrogens with one attached hydrogen (secondary N) is 1. The van der Waals surface area contributed by atoms with Crippen LogP contribution < -0.4 is 10.2 Å². The molecule has 0 spiro atoms. The molecule has 0 fully saturated rings. The lowest BCUT2D eigenvalue weighted by Crippen LogP contribution is -2.36. The largest absolute Gasteiger partial charge is 0.344 e. The Bertz CT molecular complexity index is 791. The van der Waals surface area contributed by atoms with Crippen LogP contribution in [0.4, 0.5) is 5.69 Å². The Labute approximate surface area is 152 Å². The highest BCUT2D eigenvalue weighted by atomic mass is 32.1. The normalized spacial score (nSPS) is 15.0. The summed E-state index contributed by atoms with van der Waals surface area (Å²) in [5, 5.41) is 5.23. The van der Waals surface area contributed by atoms with E-state index in [1.54, 1.807) is 23.2 Å². The lowest BCUT2D eigenvalue weighted by Gasteiger charge is -2.31. The van der Waals surface area contributed by atoms with E-state index in [4.69, 9.17) is 0 Å². The Hall–Kier alpha value is -2.14. The number of carbonyl (C=O) groups is 2. The summed E-state index contributed by atoms with van der Waals surface area (Å²) in [6, 6.07) is 9.65. The van der Waals surface area contributed by atoms with Crippen molar-refractivity contribution >= 4 is 28.8 Å². The van der Waals surface area contributed by atoms with Gasteiger partial charge in [-0.3, -0.25) is 9.59 Å². The van der Waals surface area contributed by atoms with E-state index in [9.17, 15) is 9.59 Å². The molecule has 2 aromatic rings. The minimum atomic E-state index is -0.0807. The Morgan fingerprint density at radius 1 is 1.24 bits per heavy atom. The molecule has 1 unspecified atom stereocenters. The first-order valence-corrected chi connectivity index (χ1v) is 9.40. The lowest BCUT2D eigenvalue weighted by molar-refractivity contribution is -0.116. The van der Waals surface area contributed by atoms with E-state index in [2.05, 4.69) is 32.2 Å². The molecule has 2 amide bonds. The van der Waals surface area contributed by atoms with Gasteiger partial charge in [0.05, 0.1) is 6.04 Å². The van der Waals surface area contributed by atoms with Gasteiger partial charge in [0, 0.05) is 29.6 Å². The maximum Gasteiger partial charge on any atom is 0.251 e. The quantitative estimate of drug-likeness (QED) is 0.897. The summed E-state index contributed by atoms with van der Waals surface area (Å²) in [5.41, 5.74) is 2.55. The zero-order valence-electron chi connectivity index (χ0n) is 15.1.